The Labute approximate surface area is 206 Å². The fourth-order valence-corrected chi connectivity index (χ4v) is 4.62. The zero-order valence-corrected chi connectivity index (χ0v) is 21.2. The number of esters is 1. The molecule has 1 aliphatic carbocycles. The largest absolute Gasteiger partial charge is 0.434 e. The summed E-state index contributed by atoms with van der Waals surface area (Å²) in [4.78, 5) is 36.0. The molecule has 0 aromatic heterocycles. The quantitative estimate of drug-likeness (QED) is 0.187. The second-order valence-corrected chi connectivity index (χ2v) is 9.57. The van der Waals surface area contributed by atoms with Gasteiger partial charge in [0.05, 0.1) is 16.1 Å². The van der Waals surface area contributed by atoms with Crippen LogP contribution in [0, 0.1) is 5.92 Å². The third-order valence-electron chi connectivity index (χ3n) is 5.55. The molecule has 8 heteroatoms. The summed E-state index contributed by atoms with van der Waals surface area (Å²) >= 11 is 12.0. The first kappa shape index (κ1) is 27.4. The topological polar surface area (TPSA) is 81.7 Å². The fourth-order valence-electron chi connectivity index (χ4n) is 4.00. The molecule has 1 N–H and O–H groups in total. The zero-order chi connectivity index (χ0) is 24.6. The van der Waals surface area contributed by atoms with Gasteiger partial charge in [-0.3, -0.25) is 14.4 Å². The van der Waals surface area contributed by atoms with E-state index in [0.717, 1.165) is 12.0 Å². The number of nitrogens with one attached hydrogen (secondary N) is 1. The van der Waals surface area contributed by atoms with Crippen LogP contribution in [-0.4, -0.2) is 35.6 Å². The lowest BCUT2D eigenvalue weighted by Crippen LogP contribution is -2.41. The monoisotopic (exact) mass is 497 g/mol. The number of carbonyl (C=O) groups excluding carboxylic acids is 3. The van der Waals surface area contributed by atoms with E-state index in [0.29, 0.717) is 5.92 Å². The van der Waals surface area contributed by atoms with E-state index in [1.54, 1.807) is 6.08 Å². The van der Waals surface area contributed by atoms with E-state index in [2.05, 4.69) is 25.2 Å². The van der Waals surface area contributed by atoms with E-state index in [4.69, 9.17) is 32.7 Å². The van der Waals surface area contributed by atoms with Crippen LogP contribution in [-0.2, 0) is 23.9 Å². The van der Waals surface area contributed by atoms with Crippen molar-refractivity contribution in [2.75, 3.05) is 0 Å². The third kappa shape index (κ3) is 8.43. The van der Waals surface area contributed by atoms with Crippen molar-refractivity contribution in [1.29, 1.82) is 0 Å². The second-order valence-electron chi connectivity index (χ2n) is 8.75. The molecular weight excluding hydrogens is 465 g/mol. The molecule has 3 atom stereocenters. The van der Waals surface area contributed by atoms with Crippen LogP contribution >= 0.6 is 23.2 Å². The maximum atomic E-state index is 12.6. The van der Waals surface area contributed by atoms with Crippen molar-refractivity contribution in [2.45, 2.75) is 84.2 Å². The maximum absolute atomic E-state index is 12.6. The number of hydrogen-bond acceptors (Lipinski definition) is 5. The SMILES string of the molecule is CCCCCC[C@@H](C)/C=C(C)/C=C/C(=O)N[C@H]1CC2(C=C(Cl)C(=O)C(Cl)=C2)O[C@H]1OC(C)=O. The minimum atomic E-state index is -1.15. The molecule has 33 heavy (non-hydrogen) atoms. The van der Waals surface area contributed by atoms with Gasteiger partial charge in [0.25, 0.3) is 0 Å². The predicted molar refractivity (Wildman–Crippen MR) is 130 cm³/mol. The summed E-state index contributed by atoms with van der Waals surface area (Å²) in [6.45, 7) is 7.58. The highest BCUT2D eigenvalue weighted by molar-refractivity contribution is 6.55. The van der Waals surface area contributed by atoms with Crippen LogP contribution in [0.1, 0.15) is 66.2 Å². The Morgan fingerprint density at radius 1 is 1.21 bits per heavy atom. The van der Waals surface area contributed by atoms with Crippen LogP contribution in [0.25, 0.3) is 0 Å². The van der Waals surface area contributed by atoms with Gasteiger partial charge in [-0.1, -0.05) is 80.5 Å². The molecule has 0 aromatic carbocycles. The lowest BCUT2D eigenvalue weighted by Gasteiger charge is -2.25. The van der Waals surface area contributed by atoms with Crippen molar-refractivity contribution in [3.63, 3.8) is 0 Å². The zero-order valence-electron chi connectivity index (χ0n) is 19.7. The Balaban J connectivity index is 2.02. The molecule has 2 aliphatic rings. The first-order valence-electron chi connectivity index (χ1n) is 11.4. The molecule has 6 nitrogen and oxygen atoms in total. The summed E-state index contributed by atoms with van der Waals surface area (Å²) in [7, 11) is 0. The summed E-state index contributed by atoms with van der Waals surface area (Å²) in [5.74, 6) is -0.976. The van der Waals surface area contributed by atoms with Crippen LogP contribution < -0.4 is 5.32 Å². The first-order valence-corrected chi connectivity index (χ1v) is 12.1. The number of ketones is 1. The van der Waals surface area contributed by atoms with E-state index in [9.17, 15) is 14.4 Å². The third-order valence-corrected chi connectivity index (χ3v) is 6.11. The summed E-state index contributed by atoms with van der Waals surface area (Å²) in [6.07, 6.45) is 13.4. The molecule has 1 saturated heterocycles. The summed E-state index contributed by atoms with van der Waals surface area (Å²) in [6, 6.07) is -0.650. The molecule has 1 aliphatic heterocycles. The number of unbranched alkanes of at least 4 members (excludes halogenated alkanes) is 3. The average molecular weight is 498 g/mol. The lowest BCUT2D eigenvalue weighted by atomic mass is 9.92. The Hall–Kier alpha value is -1.89. The molecule has 1 fully saturated rings. The van der Waals surface area contributed by atoms with Crippen molar-refractivity contribution < 1.29 is 23.9 Å². The first-order chi connectivity index (χ1) is 15.5. The molecule has 182 valence electrons. The molecule has 2 rings (SSSR count). The molecule has 1 heterocycles. The normalized spacial score (nSPS) is 23.5. The minimum Gasteiger partial charge on any atom is -0.434 e. The van der Waals surface area contributed by atoms with Crippen molar-refractivity contribution in [1.82, 2.24) is 5.32 Å². The second kappa shape index (κ2) is 12.5. The van der Waals surface area contributed by atoms with Gasteiger partial charge in [-0.15, -0.1) is 0 Å². The van der Waals surface area contributed by atoms with Crippen LogP contribution in [0.5, 0.6) is 0 Å². The molecule has 1 amide bonds. The lowest BCUT2D eigenvalue weighted by molar-refractivity contribution is -0.179. The molecule has 0 unspecified atom stereocenters. The van der Waals surface area contributed by atoms with E-state index in [-0.39, 0.29) is 22.4 Å². The standard InChI is InChI=1S/C25H33Cl2NO5/c1-5-6-7-8-9-16(2)12-17(3)10-11-22(30)28-21-15-25(33-24(21)32-18(4)29)13-19(26)23(31)20(27)14-25/h10-14,16,21,24H,5-9,15H2,1-4H3,(H,28,30)/b11-10+,17-12+/t16-,21+,24-/m1/s1. The van der Waals surface area contributed by atoms with Gasteiger partial charge in [-0.2, -0.15) is 0 Å². The number of rotatable bonds is 10. The van der Waals surface area contributed by atoms with Gasteiger partial charge in [-0.05, 0) is 31.4 Å². The van der Waals surface area contributed by atoms with Gasteiger partial charge in [-0.25, -0.2) is 0 Å². The van der Waals surface area contributed by atoms with Gasteiger partial charge in [0.2, 0.25) is 18.0 Å². The van der Waals surface area contributed by atoms with Crippen molar-refractivity contribution in [3.8, 4) is 0 Å². The smallest absolute Gasteiger partial charge is 0.305 e. The van der Waals surface area contributed by atoms with E-state index in [1.165, 1.54) is 50.8 Å². The molecule has 0 radical (unpaired) electrons. The number of hydrogen-bond donors (Lipinski definition) is 1. The van der Waals surface area contributed by atoms with Crippen LogP contribution in [0.2, 0.25) is 0 Å². The highest BCUT2D eigenvalue weighted by atomic mass is 35.5. The number of carbonyl (C=O) groups is 3. The van der Waals surface area contributed by atoms with Gasteiger partial charge < -0.3 is 14.8 Å². The molecule has 0 bridgehead atoms. The number of ether oxygens (including phenoxy) is 2. The van der Waals surface area contributed by atoms with Gasteiger partial charge in [0.1, 0.15) is 5.60 Å². The summed E-state index contributed by atoms with van der Waals surface area (Å²) < 4.78 is 11.1. The molecule has 0 saturated carbocycles. The van der Waals surface area contributed by atoms with Crippen LogP contribution in [0.4, 0.5) is 0 Å². The summed E-state index contributed by atoms with van der Waals surface area (Å²) in [5, 5.41) is 2.65. The Bertz CT molecular complexity index is 852. The van der Waals surface area contributed by atoms with E-state index in [1.807, 2.05) is 6.92 Å². The maximum Gasteiger partial charge on any atom is 0.305 e. The van der Waals surface area contributed by atoms with Crippen molar-refractivity contribution in [3.05, 3.63) is 46.0 Å². The number of allylic oxidation sites excluding steroid dienone is 5. The van der Waals surface area contributed by atoms with Crippen molar-refractivity contribution >= 4 is 40.9 Å². The van der Waals surface area contributed by atoms with Crippen LogP contribution in [0.15, 0.2) is 46.0 Å². The predicted octanol–water partition coefficient (Wildman–Crippen LogP) is 5.46. The van der Waals surface area contributed by atoms with E-state index >= 15 is 0 Å². The molecule has 1 spiro atoms. The minimum absolute atomic E-state index is 0.0828. The molecule has 0 aromatic rings. The number of halogens is 2. The highest BCUT2D eigenvalue weighted by Crippen LogP contribution is 2.40. The van der Waals surface area contributed by atoms with Crippen LogP contribution in [0.3, 0.4) is 0 Å². The molecular formula is C25H33Cl2NO5. The fraction of sp³-hybridized carbons (Fsp3) is 0.560. The Kier molecular flexibility index (Phi) is 10.4. The van der Waals surface area contributed by atoms with Crippen molar-refractivity contribution in [2.24, 2.45) is 5.92 Å². The Morgan fingerprint density at radius 3 is 2.48 bits per heavy atom. The number of amides is 1. The number of Topliss-reactive ketones (excluding diaryl/α,β-unsaturated/α-hetero) is 1. The average Bonchev–Trinajstić information content (AvgIpc) is 3.03. The van der Waals surface area contributed by atoms with Gasteiger partial charge >= 0.3 is 5.97 Å². The summed E-state index contributed by atoms with van der Waals surface area (Å²) in [5.41, 5.74) is -0.147. The highest BCUT2D eigenvalue weighted by Gasteiger charge is 2.48. The Morgan fingerprint density at radius 2 is 1.88 bits per heavy atom. The van der Waals surface area contributed by atoms with Gasteiger partial charge in [0.15, 0.2) is 0 Å². The van der Waals surface area contributed by atoms with Gasteiger partial charge in [0, 0.05) is 19.4 Å². The van der Waals surface area contributed by atoms with E-state index < -0.39 is 29.7 Å².